The van der Waals surface area contributed by atoms with Crippen LogP contribution in [0.25, 0.3) is 0 Å². The largest absolute Gasteiger partial charge is 0.327 e. The first kappa shape index (κ1) is 12.5. The van der Waals surface area contributed by atoms with Gasteiger partial charge in [-0.05, 0) is 33.6 Å². The van der Waals surface area contributed by atoms with Crippen molar-refractivity contribution in [1.82, 2.24) is 4.98 Å². The highest BCUT2D eigenvalue weighted by Gasteiger charge is 2.43. The van der Waals surface area contributed by atoms with Gasteiger partial charge in [0.15, 0.2) is 5.13 Å². The Bertz CT molecular complexity index is 423. The van der Waals surface area contributed by atoms with Crippen LogP contribution in [0.15, 0.2) is 0 Å². The second kappa shape index (κ2) is 4.38. The lowest BCUT2D eigenvalue weighted by Crippen LogP contribution is -2.44. The third-order valence-corrected chi connectivity index (χ3v) is 4.79. The maximum Gasteiger partial charge on any atom is 0.233 e. The fraction of sp³-hybridized carbons (Fsp3) is 0.667. The molecule has 2 atom stereocenters. The average molecular weight is 253 g/mol. The van der Waals surface area contributed by atoms with E-state index in [4.69, 9.17) is 5.73 Å². The highest BCUT2D eigenvalue weighted by molar-refractivity contribution is 7.15. The molecule has 3 N–H and O–H groups in total. The van der Waals surface area contributed by atoms with E-state index in [0.717, 1.165) is 29.8 Å². The van der Waals surface area contributed by atoms with Gasteiger partial charge in [0.05, 0.1) is 11.1 Å². The Morgan fingerprint density at radius 1 is 1.59 bits per heavy atom. The van der Waals surface area contributed by atoms with Gasteiger partial charge in [-0.3, -0.25) is 4.79 Å². The molecule has 1 aliphatic rings. The number of aromatic nitrogens is 1. The summed E-state index contributed by atoms with van der Waals surface area (Å²) in [5.74, 6) is 0.0104. The van der Waals surface area contributed by atoms with E-state index in [0.29, 0.717) is 5.13 Å². The molecule has 1 heterocycles. The Morgan fingerprint density at radius 3 is 2.76 bits per heavy atom. The van der Waals surface area contributed by atoms with Crippen LogP contribution in [0, 0.1) is 19.3 Å². The molecule has 17 heavy (non-hydrogen) atoms. The van der Waals surface area contributed by atoms with Crippen LogP contribution < -0.4 is 11.1 Å². The maximum absolute atomic E-state index is 12.2. The van der Waals surface area contributed by atoms with E-state index in [1.807, 2.05) is 20.8 Å². The number of anilines is 1. The van der Waals surface area contributed by atoms with Gasteiger partial charge < -0.3 is 11.1 Å². The maximum atomic E-state index is 12.2. The van der Waals surface area contributed by atoms with Crippen LogP contribution >= 0.6 is 11.3 Å². The first-order valence-corrected chi connectivity index (χ1v) is 6.76. The Kier molecular flexibility index (Phi) is 3.23. The molecule has 0 bridgehead atoms. The molecule has 1 amide bonds. The van der Waals surface area contributed by atoms with Crippen molar-refractivity contribution in [3.63, 3.8) is 0 Å². The molecular weight excluding hydrogens is 234 g/mol. The zero-order chi connectivity index (χ0) is 12.6. The molecule has 4 nitrogen and oxygen atoms in total. The van der Waals surface area contributed by atoms with Gasteiger partial charge in [0.1, 0.15) is 0 Å². The summed E-state index contributed by atoms with van der Waals surface area (Å²) >= 11 is 1.52. The molecule has 1 fully saturated rings. The Hall–Kier alpha value is -0.940. The fourth-order valence-electron chi connectivity index (χ4n) is 2.24. The Balaban J connectivity index is 2.11. The van der Waals surface area contributed by atoms with Crippen LogP contribution in [0.1, 0.15) is 36.8 Å². The summed E-state index contributed by atoms with van der Waals surface area (Å²) in [7, 11) is 0. The van der Waals surface area contributed by atoms with Crippen LogP contribution in [-0.2, 0) is 4.79 Å². The molecule has 1 aromatic heterocycles. The zero-order valence-corrected chi connectivity index (χ0v) is 11.4. The van der Waals surface area contributed by atoms with E-state index >= 15 is 0 Å². The molecule has 1 aromatic rings. The number of carbonyl (C=O) groups excluding carboxylic acids is 1. The van der Waals surface area contributed by atoms with Gasteiger partial charge >= 0.3 is 0 Å². The quantitative estimate of drug-likeness (QED) is 0.849. The number of hydrogen-bond donors (Lipinski definition) is 2. The number of hydrogen-bond acceptors (Lipinski definition) is 4. The first-order chi connectivity index (χ1) is 7.93. The van der Waals surface area contributed by atoms with Crippen molar-refractivity contribution in [3.8, 4) is 0 Å². The van der Waals surface area contributed by atoms with E-state index < -0.39 is 5.41 Å². The lowest BCUT2D eigenvalue weighted by Gasteiger charge is -2.26. The predicted octanol–water partition coefficient (Wildman–Crippen LogP) is 2.22. The Morgan fingerprint density at radius 2 is 2.29 bits per heavy atom. The van der Waals surface area contributed by atoms with Crippen molar-refractivity contribution < 1.29 is 4.79 Å². The molecule has 1 aliphatic carbocycles. The van der Waals surface area contributed by atoms with Crippen molar-refractivity contribution in [3.05, 3.63) is 10.6 Å². The molecule has 94 valence electrons. The minimum atomic E-state index is -0.437. The molecule has 0 spiro atoms. The summed E-state index contributed by atoms with van der Waals surface area (Å²) in [6.45, 7) is 5.91. The van der Waals surface area contributed by atoms with Gasteiger partial charge in [0.2, 0.25) is 5.91 Å². The van der Waals surface area contributed by atoms with Gasteiger partial charge in [-0.1, -0.05) is 6.42 Å². The predicted molar refractivity (Wildman–Crippen MR) is 70.2 cm³/mol. The minimum absolute atomic E-state index is 0.0104. The number of aryl methyl sites for hydroxylation is 2. The van der Waals surface area contributed by atoms with E-state index in [1.165, 1.54) is 11.3 Å². The number of amides is 1. The Labute approximate surface area is 106 Å². The topological polar surface area (TPSA) is 68.0 Å². The van der Waals surface area contributed by atoms with Crippen LogP contribution in [0.2, 0.25) is 0 Å². The van der Waals surface area contributed by atoms with Gasteiger partial charge in [-0.15, -0.1) is 11.3 Å². The lowest BCUT2D eigenvalue weighted by molar-refractivity contribution is -0.125. The first-order valence-electron chi connectivity index (χ1n) is 5.94. The SMILES string of the molecule is Cc1nc(NC(=O)C2(C)CCCC2N)sc1C. The van der Waals surface area contributed by atoms with E-state index in [-0.39, 0.29) is 11.9 Å². The number of carbonyl (C=O) groups is 1. The number of nitrogens with zero attached hydrogens (tertiary/aromatic N) is 1. The molecule has 0 aliphatic heterocycles. The monoisotopic (exact) mass is 253 g/mol. The van der Waals surface area contributed by atoms with E-state index in [9.17, 15) is 4.79 Å². The summed E-state index contributed by atoms with van der Waals surface area (Å²) in [6.07, 6.45) is 2.82. The molecule has 1 saturated carbocycles. The summed E-state index contributed by atoms with van der Waals surface area (Å²) in [5.41, 5.74) is 6.57. The van der Waals surface area contributed by atoms with Crippen molar-refractivity contribution >= 4 is 22.4 Å². The van der Waals surface area contributed by atoms with Crippen molar-refractivity contribution in [1.29, 1.82) is 0 Å². The molecule has 0 radical (unpaired) electrons. The lowest BCUT2D eigenvalue weighted by atomic mass is 9.84. The summed E-state index contributed by atoms with van der Waals surface area (Å²) in [4.78, 5) is 17.7. The normalized spacial score (nSPS) is 28.4. The summed E-state index contributed by atoms with van der Waals surface area (Å²) in [6, 6.07) is -0.0374. The standard InChI is InChI=1S/C12H19N3OS/c1-7-8(2)17-11(14-7)15-10(16)12(3)6-4-5-9(12)13/h9H,4-6,13H2,1-3H3,(H,14,15,16). The average Bonchev–Trinajstić information content (AvgIpc) is 2.74. The molecule has 2 unspecified atom stereocenters. The van der Waals surface area contributed by atoms with Crippen LogP contribution in [0.3, 0.4) is 0 Å². The van der Waals surface area contributed by atoms with Crippen molar-refractivity contribution in [2.45, 2.75) is 46.1 Å². The third-order valence-electron chi connectivity index (χ3n) is 3.80. The highest BCUT2D eigenvalue weighted by Crippen LogP contribution is 2.38. The third kappa shape index (κ3) is 2.21. The van der Waals surface area contributed by atoms with E-state index in [1.54, 1.807) is 0 Å². The highest BCUT2D eigenvalue weighted by atomic mass is 32.1. The smallest absolute Gasteiger partial charge is 0.233 e. The summed E-state index contributed by atoms with van der Waals surface area (Å²) in [5, 5.41) is 3.59. The van der Waals surface area contributed by atoms with Gasteiger partial charge in [0.25, 0.3) is 0 Å². The van der Waals surface area contributed by atoms with Crippen molar-refractivity contribution in [2.24, 2.45) is 11.1 Å². The molecule has 2 rings (SSSR count). The van der Waals surface area contributed by atoms with Gasteiger partial charge in [0, 0.05) is 10.9 Å². The number of rotatable bonds is 2. The number of nitrogens with one attached hydrogen (secondary N) is 1. The van der Waals surface area contributed by atoms with Gasteiger partial charge in [-0.25, -0.2) is 4.98 Å². The minimum Gasteiger partial charge on any atom is -0.327 e. The second-order valence-electron chi connectivity index (χ2n) is 5.03. The number of nitrogens with two attached hydrogens (primary N) is 1. The molecular formula is C12H19N3OS. The van der Waals surface area contributed by atoms with E-state index in [2.05, 4.69) is 10.3 Å². The summed E-state index contributed by atoms with van der Waals surface area (Å²) < 4.78 is 0. The van der Waals surface area contributed by atoms with Crippen molar-refractivity contribution in [2.75, 3.05) is 5.32 Å². The van der Waals surface area contributed by atoms with Crippen LogP contribution in [-0.4, -0.2) is 16.9 Å². The van der Waals surface area contributed by atoms with Crippen LogP contribution in [0.4, 0.5) is 5.13 Å². The van der Waals surface area contributed by atoms with Crippen LogP contribution in [0.5, 0.6) is 0 Å². The number of thiazole rings is 1. The second-order valence-corrected chi connectivity index (χ2v) is 6.23. The zero-order valence-electron chi connectivity index (χ0n) is 10.5. The molecule has 5 heteroatoms. The molecule has 0 saturated heterocycles. The fourth-order valence-corrected chi connectivity index (χ4v) is 3.05. The molecule has 0 aromatic carbocycles. The van der Waals surface area contributed by atoms with Gasteiger partial charge in [-0.2, -0.15) is 0 Å².